The molecule has 0 bridgehead atoms. The lowest BCUT2D eigenvalue weighted by atomic mass is 10.1. The molecule has 1 saturated heterocycles. The molecular weight excluding hydrogens is 382 g/mol. The Morgan fingerprint density at radius 3 is 2.73 bits per heavy atom. The molecule has 1 fully saturated rings. The van der Waals surface area contributed by atoms with Gasteiger partial charge in [-0.3, -0.25) is 14.6 Å². The van der Waals surface area contributed by atoms with Gasteiger partial charge < -0.3 is 10.2 Å². The van der Waals surface area contributed by atoms with E-state index in [1.807, 2.05) is 44.2 Å². The number of nitrogens with one attached hydrogen (secondary N) is 3. The van der Waals surface area contributed by atoms with Crippen LogP contribution in [0.4, 0.5) is 5.69 Å². The highest BCUT2D eigenvalue weighted by molar-refractivity contribution is 6.02. The van der Waals surface area contributed by atoms with E-state index in [1.54, 1.807) is 17.0 Å². The van der Waals surface area contributed by atoms with Crippen LogP contribution >= 0.6 is 0 Å². The number of aromatic amines is 2. The number of nitrogens with zero attached hydrogens (tertiary/aromatic N) is 2. The van der Waals surface area contributed by atoms with Gasteiger partial charge in [0.2, 0.25) is 5.91 Å². The maximum atomic E-state index is 13.0. The minimum atomic E-state index is -0.522. The quantitative estimate of drug-likeness (QED) is 0.620. The number of H-pyrrole nitrogens is 2. The third kappa shape index (κ3) is 3.89. The first-order valence-corrected chi connectivity index (χ1v) is 9.86. The SMILES string of the molecule is Cc1cccc(C(=O)N2CCC[C@@H]2C(=O)Nc2cc(-c3n[nH]c(=O)[nH]3)ccc2C)c1. The lowest BCUT2D eigenvalue weighted by molar-refractivity contribution is -0.119. The summed E-state index contributed by atoms with van der Waals surface area (Å²) in [6.07, 6.45) is 1.40. The zero-order chi connectivity index (χ0) is 21.3. The Labute approximate surface area is 173 Å². The number of hydrogen-bond acceptors (Lipinski definition) is 4. The second-order valence-electron chi connectivity index (χ2n) is 7.57. The summed E-state index contributed by atoms with van der Waals surface area (Å²) in [5.74, 6) is 0.0489. The van der Waals surface area contributed by atoms with E-state index >= 15 is 0 Å². The number of aryl methyl sites for hydroxylation is 2. The molecule has 4 rings (SSSR count). The van der Waals surface area contributed by atoms with E-state index in [2.05, 4.69) is 20.5 Å². The number of anilines is 1. The van der Waals surface area contributed by atoms with E-state index in [0.717, 1.165) is 17.5 Å². The van der Waals surface area contributed by atoms with E-state index in [4.69, 9.17) is 0 Å². The largest absolute Gasteiger partial charge is 0.340 e. The Balaban J connectivity index is 1.54. The van der Waals surface area contributed by atoms with Crippen LogP contribution in [0.5, 0.6) is 0 Å². The number of carbonyl (C=O) groups excluding carboxylic acids is 2. The molecule has 2 heterocycles. The highest BCUT2D eigenvalue weighted by Gasteiger charge is 2.34. The summed E-state index contributed by atoms with van der Waals surface area (Å²) in [7, 11) is 0. The Morgan fingerprint density at radius 2 is 2.00 bits per heavy atom. The monoisotopic (exact) mass is 405 g/mol. The third-order valence-electron chi connectivity index (χ3n) is 5.35. The Bertz CT molecular complexity index is 1160. The van der Waals surface area contributed by atoms with Crippen molar-refractivity contribution in [3.8, 4) is 11.4 Å². The average Bonchev–Trinajstić information content (AvgIpc) is 3.38. The van der Waals surface area contributed by atoms with E-state index < -0.39 is 11.7 Å². The van der Waals surface area contributed by atoms with Gasteiger partial charge in [0.25, 0.3) is 5.91 Å². The van der Waals surface area contributed by atoms with Crippen molar-refractivity contribution in [2.24, 2.45) is 0 Å². The molecule has 1 aliphatic heterocycles. The normalized spacial score (nSPS) is 15.9. The van der Waals surface area contributed by atoms with Crippen LogP contribution in [-0.2, 0) is 4.79 Å². The molecule has 0 saturated carbocycles. The number of hydrogen-bond donors (Lipinski definition) is 3. The Morgan fingerprint density at radius 1 is 1.17 bits per heavy atom. The molecule has 3 aromatic rings. The molecule has 8 nitrogen and oxygen atoms in total. The Hall–Kier alpha value is -3.68. The zero-order valence-electron chi connectivity index (χ0n) is 16.9. The number of likely N-dealkylation sites (tertiary alicyclic amines) is 1. The van der Waals surface area contributed by atoms with Gasteiger partial charge in [0.05, 0.1) is 0 Å². The van der Waals surface area contributed by atoms with Crippen molar-refractivity contribution in [2.45, 2.75) is 32.7 Å². The van der Waals surface area contributed by atoms with Crippen LogP contribution in [-0.4, -0.2) is 44.5 Å². The first-order valence-electron chi connectivity index (χ1n) is 9.86. The Kier molecular flexibility index (Phi) is 5.22. The minimum absolute atomic E-state index is 0.129. The number of carbonyl (C=O) groups is 2. The predicted molar refractivity (Wildman–Crippen MR) is 113 cm³/mol. The summed E-state index contributed by atoms with van der Waals surface area (Å²) >= 11 is 0. The summed E-state index contributed by atoms with van der Waals surface area (Å²) in [5, 5.41) is 9.22. The van der Waals surface area contributed by atoms with Crippen LogP contribution < -0.4 is 11.0 Å². The van der Waals surface area contributed by atoms with E-state index in [-0.39, 0.29) is 11.8 Å². The fourth-order valence-corrected chi connectivity index (χ4v) is 3.75. The molecule has 0 unspecified atom stereocenters. The standard InChI is InChI=1S/C22H23N5O3/c1-13-5-3-6-16(11-13)21(29)27-10-4-7-18(27)20(28)23-17-12-15(9-8-14(17)2)19-24-22(30)26-25-19/h3,5-6,8-9,11-12,18H,4,7,10H2,1-2H3,(H,23,28)(H2,24,25,26,30)/t18-/m1/s1. The van der Waals surface area contributed by atoms with Gasteiger partial charge in [-0.05, 0) is 50.5 Å². The van der Waals surface area contributed by atoms with Crippen LogP contribution in [0.1, 0.15) is 34.3 Å². The van der Waals surface area contributed by atoms with Crippen molar-refractivity contribution in [3.05, 3.63) is 69.6 Å². The van der Waals surface area contributed by atoms with Gasteiger partial charge in [0, 0.05) is 23.4 Å². The second kappa shape index (κ2) is 7.98. The van der Waals surface area contributed by atoms with Crippen molar-refractivity contribution in [1.29, 1.82) is 0 Å². The molecule has 154 valence electrons. The molecule has 0 spiro atoms. The van der Waals surface area contributed by atoms with Crippen molar-refractivity contribution in [2.75, 3.05) is 11.9 Å². The molecular formula is C22H23N5O3. The van der Waals surface area contributed by atoms with Crippen molar-refractivity contribution >= 4 is 17.5 Å². The highest BCUT2D eigenvalue weighted by atomic mass is 16.2. The topological polar surface area (TPSA) is 111 Å². The zero-order valence-corrected chi connectivity index (χ0v) is 16.9. The molecule has 3 N–H and O–H groups in total. The first-order chi connectivity index (χ1) is 14.4. The maximum Gasteiger partial charge on any atom is 0.340 e. The van der Waals surface area contributed by atoms with E-state index in [9.17, 15) is 14.4 Å². The molecule has 8 heteroatoms. The maximum absolute atomic E-state index is 13.0. The van der Waals surface area contributed by atoms with Crippen molar-refractivity contribution in [1.82, 2.24) is 20.1 Å². The fourth-order valence-electron chi connectivity index (χ4n) is 3.75. The van der Waals surface area contributed by atoms with Gasteiger partial charge in [-0.1, -0.05) is 29.8 Å². The highest BCUT2D eigenvalue weighted by Crippen LogP contribution is 2.25. The van der Waals surface area contributed by atoms with Crippen LogP contribution in [0.15, 0.2) is 47.3 Å². The second-order valence-corrected chi connectivity index (χ2v) is 7.57. The van der Waals surface area contributed by atoms with Crippen LogP contribution in [0.2, 0.25) is 0 Å². The predicted octanol–water partition coefficient (Wildman–Crippen LogP) is 2.63. The van der Waals surface area contributed by atoms with Crippen LogP contribution in [0.3, 0.4) is 0 Å². The van der Waals surface area contributed by atoms with Crippen molar-refractivity contribution in [3.63, 3.8) is 0 Å². The van der Waals surface area contributed by atoms with Gasteiger partial charge >= 0.3 is 5.69 Å². The molecule has 30 heavy (non-hydrogen) atoms. The molecule has 0 radical (unpaired) electrons. The summed E-state index contributed by atoms with van der Waals surface area (Å²) < 4.78 is 0. The van der Waals surface area contributed by atoms with Crippen LogP contribution in [0.25, 0.3) is 11.4 Å². The lowest BCUT2D eigenvalue weighted by Crippen LogP contribution is -2.43. The smallest absolute Gasteiger partial charge is 0.327 e. The number of amides is 2. The molecule has 1 aliphatic rings. The van der Waals surface area contributed by atoms with Gasteiger partial charge in [0.15, 0.2) is 5.82 Å². The fraction of sp³-hybridized carbons (Fsp3) is 0.273. The summed E-state index contributed by atoms with van der Waals surface area (Å²) in [5.41, 5.74) is 3.37. The van der Waals surface area contributed by atoms with Gasteiger partial charge in [-0.15, -0.1) is 0 Å². The molecule has 2 amide bonds. The summed E-state index contributed by atoms with van der Waals surface area (Å²) in [4.78, 5) is 41.6. The van der Waals surface area contributed by atoms with E-state index in [0.29, 0.717) is 35.6 Å². The molecule has 2 aromatic carbocycles. The number of aromatic nitrogens is 3. The molecule has 1 atom stereocenters. The minimum Gasteiger partial charge on any atom is -0.327 e. The number of benzene rings is 2. The molecule has 0 aliphatic carbocycles. The third-order valence-corrected chi connectivity index (χ3v) is 5.35. The number of rotatable bonds is 4. The lowest BCUT2D eigenvalue weighted by Gasteiger charge is -2.24. The van der Waals surface area contributed by atoms with E-state index in [1.165, 1.54) is 0 Å². The summed E-state index contributed by atoms with van der Waals surface area (Å²) in [6.45, 7) is 4.38. The van der Waals surface area contributed by atoms with Gasteiger partial charge in [0.1, 0.15) is 6.04 Å². The average molecular weight is 405 g/mol. The van der Waals surface area contributed by atoms with Gasteiger partial charge in [-0.2, -0.15) is 5.10 Å². The summed E-state index contributed by atoms with van der Waals surface area (Å²) in [6, 6.07) is 12.3. The molecule has 1 aromatic heterocycles. The van der Waals surface area contributed by atoms with Crippen LogP contribution in [0, 0.1) is 13.8 Å². The van der Waals surface area contributed by atoms with Crippen molar-refractivity contribution < 1.29 is 9.59 Å². The first kappa shape index (κ1) is 19.6. The van der Waals surface area contributed by atoms with Gasteiger partial charge in [-0.25, -0.2) is 9.89 Å².